The summed E-state index contributed by atoms with van der Waals surface area (Å²) in [4.78, 5) is 4.41. The monoisotopic (exact) mass is 433 g/mol. The number of sulfonamides is 1. The van der Waals surface area contributed by atoms with Gasteiger partial charge in [0.05, 0.1) is 23.3 Å². The van der Waals surface area contributed by atoms with Gasteiger partial charge in [-0.2, -0.15) is 5.10 Å². The molecule has 0 saturated heterocycles. The van der Waals surface area contributed by atoms with Gasteiger partial charge < -0.3 is 5.32 Å². The lowest BCUT2D eigenvalue weighted by Gasteiger charge is -2.11. The number of aryl methyl sites for hydroxylation is 2. The lowest BCUT2D eigenvalue weighted by Crippen LogP contribution is -2.09. The first kappa shape index (κ1) is 20.6. The van der Waals surface area contributed by atoms with Crippen molar-refractivity contribution < 1.29 is 8.42 Å². The van der Waals surface area contributed by atoms with Gasteiger partial charge in [-0.1, -0.05) is 17.7 Å². The van der Waals surface area contributed by atoms with Crippen molar-refractivity contribution in [3.05, 3.63) is 84.2 Å². The van der Waals surface area contributed by atoms with Crippen molar-refractivity contribution in [2.45, 2.75) is 13.8 Å². The summed E-state index contributed by atoms with van der Waals surface area (Å²) in [6.07, 6.45) is 2.87. The molecule has 0 bridgehead atoms. The molecule has 2 aromatic carbocycles. The first-order chi connectivity index (χ1) is 14.8. The molecule has 0 aliphatic heterocycles. The lowest BCUT2D eigenvalue weighted by molar-refractivity contribution is 0.607. The van der Waals surface area contributed by atoms with E-state index in [2.05, 4.69) is 51.3 Å². The summed E-state index contributed by atoms with van der Waals surface area (Å²) in [6, 6.07) is 21.2. The highest BCUT2D eigenvalue weighted by atomic mass is 32.2. The van der Waals surface area contributed by atoms with Crippen LogP contribution in [0.25, 0.3) is 16.9 Å². The van der Waals surface area contributed by atoms with E-state index >= 15 is 0 Å². The third-order valence-corrected chi connectivity index (χ3v) is 5.23. The lowest BCUT2D eigenvalue weighted by atomic mass is 10.1. The zero-order valence-electron chi connectivity index (χ0n) is 17.5. The maximum absolute atomic E-state index is 11.4. The predicted molar refractivity (Wildman–Crippen MR) is 124 cm³/mol. The Hall–Kier alpha value is -3.65. The van der Waals surface area contributed by atoms with Crippen molar-refractivity contribution in [2.75, 3.05) is 16.3 Å². The third kappa shape index (κ3) is 5.10. The van der Waals surface area contributed by atoms with Crippen LogP contribution in [0.2, 0.25) is 0 Å². The summed E-state index contributed by atoms with van der Waals surface area (Å²) in [7, 11) is -3.30. The summed E-state index contributed by atoms with van der Waals surface area (Å²) in [6.45, 7) is 4.03. The zero-order chi connectivity index (χ0) is 22.0. The number of nitrogens with zero attached hydrogens (tertiary/aromatic N) is 3. The van der Waals surface area contributed by atoms with Crippen LogP contribution in [-0.4, -0.2) is 29.4 Å². The molecule has 4 aromatic rings. The van der Waals surface area contributed by atoms with Gasteiger partial charge in [0.15, 0.2) is 0 Å². The Bertz CT molecular complexity index is 1310. The molecule has 2 aromatic heterocycles. The molecule has 0 amide bonds. The molecule has 2 N–H and O–H groups in total. The molecule has 0 fully saturated rings. The number of pyridine rings is 1. The molecular formula is C23H23N5O2S. The van der Waals surface area contributed by atoms with E-state index in [4.69, 9.17) is 0 Å². The van der Waals surface area contributed by atoms with Gasteiger partial charge in [-0.3, -0.25) is 4.72 Å². The van der Waals surface area contributed by atoms with Gasteiger partial charge in [0.1, 0.15) is 5.82 Å². The smallest absolute Gasteiger partial charge is 0.229 e. The fourth-order valence-electron chi connectivity index (χ4n) is 3.23. The molecule has 0 aliphatic carbocycles. The van der Waals surface area contributed by atoms with Crippen LogP contribution in [-0.2, 0) is 10.0 Å². The van der Waals surface area contributed by atoms with Crippen molar-refractivity contribution in [3.63, 3.8) is 0 Å². The Kier molecular flexibility index (Phi) is 5.48. The van der Waals surface area contributed by atoms with Crippen molar-refractivity contribution in [1.29, 1.82) is 0 Å². The Morgan fingerprint density at radius 1 is 0.871 bits per heavy atom. The minimum Gasteiger partial charge on any atom is -0.340 e. The first-order valence-electron chi connectivity index (χ1n) is 9.72. The van der Waals surface area contributed by atoms with Gasteiger partial charge in [-0.05, 0) is 68.4 Å². The number of hydrogen-bond donors (Lipinski definition) is 2. The summed E-state index contributed by atoms with van der Waals surface area (Å²) in [5.74, 6) is 0.677. The van der Waals surface area contributed by atoms with E-state index < -0.39 is 10.0 Å². The maximum atomic E-state index is 11.4. The van der Waals surface area contributed by atoms with E-state index in [-0.39, 0.29) is 0 Å². The quantitative estimate of drug-likeness (QED) is 0.461. The van der Waals surface area contributed by atoms with Crippen LogP contribution < -0.4 is 10.0 Å². The highest BCUT2D eigenvalue weighted by Crippen LogP contribution is 2.27. The van der Waals surface area contributed by atoms with Gasteiger partial charge in [0.25, 0.3) is 0 Å². The van der Waals surface area contributed by atoms with Gasteiger partial charge >= 0.3 is 0 Å². The van der Waals surface area contributed by atoms with Gasteiger partial charge in [0, 0.05) is 23.1 Å². The van der Waals surface area contributed by atoms with Gasteiger partial charge in [-0.25, -0.2) is 18.1 Å². The average Bonchev–Trinajstić information content (AvgIpc) is 3.11. The second kappa shape index (κ2) is 8.23. The highest BCUT2D eigenvalue weighted by Gasteiger charge is 2.11. The predicted octanol–water partition coefficient (Wildman–Crippen LogP) is 4.67. The second-order valence-corrected chi connectivity index (χ2v) is 9.17. The minimum absolute atomic E-state index is 0.507. The summed E-state index contributed by atoms with van der Waals surface area (Å²) in [5.41, 5.74) is 6.37. The van der Waals surface area contributed by atoms with E-state index in [9.17, 15) is 8.42 Å². The van der Waals surface area contributed by atoms with E-state index in [0.717, 1.165) is 34.6 Å². The molecule has 8 heteroatoms. The van der Waals surface area contributed by atoms with Gasteiger partial charge in [-0.15, -0.1) is 0 Å². The molecule has 0 aliphatic rings. The average molecular weight is 434 g/mol. The van der Waals surface area contributed by atoms with E-state index in [1.807, 2.05) is 29.8 Å². The van der Waals surface area contributed by atoms with Crippen LogP contribution >= 0.6 is 0 Å². The Labute approximate surface area is 181 Å². The second-order valence-electron chi connectivity index (χ2n) is 7.42. The van der Waals surface area contributed by atoms with Crippen LogP contribution in [0.4, 0.5) is 17.2 Å². The highest BCUT2D eigenvalue weighted by molar-refractivity contribution is 7.92. The van der Waals surface area contributed by atoms with E-state index in [0.29, 0.717) is 11.5 Å². The van der Waals surface area contributed by atoms with Gasteiger partial charge in [0.2, 0.25) is 10.0 Å². The number of rotatable bonds is 6. The van der Waals surface area contributed by atoms with Crippen molar-refractivity contribution in [1.82, 2.24) is 14.8 Å². The van der Waals surface area contributed by atoms with Crippen LogP contribution in [0.15, 0.2) is 72.9 Å². The molecule has 4 rings (SSSR count). The van der Waals surface area contributed by atoms with Crippen LogP contribution in [0.5, 0.6) is 0 Å². The van der Waals surface area contributed by atoms with E-state index in [1.54, 1.807) is 30.5 Å². The third-order valence-electron chi connectivity index (χ3n) is 4.63. The first-order valence-corrected chi connectivity index (χ1v) is 11.6. The van der Waals surface area contributed by atoms with Crippen LogP contribution in [0.1, 0.15) is 11.3 Å². The molecule has 7 nitrogen and oxygen atoms in total. The van der Waals surface area contributed by atoms with Crippen molar-refractivity contribution in [3.8, 4) is 16.9 Å². The fraction of sp³-hybridized carbons (Fsp3) is 0.130. The molecule has 0 atom stereocenters. The number of aromatic nitrogens is 3. The number of hydrogen-bond acceptors (Lipinski definition) is 5. The Morgan fingerprint density at radius 2 is 1.55 bits per heavy atom. The normalized spacial score (nSPS) is 11.3. The molecule has 0 spiro atoms. The van der Waals surface area contributed by atoms with Crippen molar-refractivity contribution in [2.24, 2.45) is 0 Å². The number of nitrogens with one attached hydrogen (secondary N) is 2. The van der Waals surface area contributed by atoms with E-state index in [1.165, 1.54) is 5.56 Å². The summed E-state index contributed by atoms with van der Waals surface area (Å²) in [5, 5.41) is 7.92. The largest absolute Gasteiger partial charge is 0.340 e. The van der Waals surface area contributed by atoms with Crippen molar-refractivity contribution >= 4 is 27.2 Å². The summed E-state index contributed by atoms with van der Waals surface area (Å²) < 4.78 is 27.1. The molecule has 2 heterocycles. The maximum Gasteiger partial charge on any atom is 0.229 e. The topological polar surface area (TPSA) is 88.9 Å². The molecule has 158 valence electrons. The molecule has 0 unspecified atom stereocenters. The number of benzene rings is 2. The minimum atomic E-state index is -3.30. The van der Waals surface area contributed by atoms with Crippen LogP contribution in [0.3, 0.4) is 0 Å². The van der Waals surface area contributed by atoms with Crippen LogP contribution in [0, 0.1) is 13.8 Å². The molecule has 31 heavy (non-hydrogen) atoms. The SMILES string of the molecule is Cc1ccc(-n2nc(C)cc2-c2ccnc(Nc3ccc(NS(C)(=O)=O)cc3)c2)cc1. The molecular weight excluding hydrogens is 410 g/mol. The number of anilines is 3. The molecule has 0 saturated carbocycles. The Balaban J connectivity index is 1.60. The molecule has 0 radical (unpaired) electrons. The summed E-state index contributed by atoms with van der Waals surface area (Å²) >= 11 is 0. The Morgan fingerprint density at radius 3 is 2.23 bits per heavy atom. The fourth-order valence-corrected chi connectivity index (χ4v) is 3.79. The standard InChI is InChI=1S/C23H23N5O2S/c1-16-4-10-21(11-5-16)28-22(14-17(2)26-28)18-12-13-24-23(15-18)25-19-6-8-20(9-7-19)27-31(3,29)30/h4-15,27H,1-3H3,(H,24,25). The zero-order valence-corrected chi connectivity index (χ0v) is 18.3.